The third-order valence-electron chi connectivity index (χ3n) is 4.22. The van der Waals surface area contributed by atoms with Gasteiger partial charge in [-0.2, -0.15) is 0 Å². The largest absolute Gasteiger partial charge is 0.493 e. The van der Waals surface area contributed by atoms with Crippen LogP contribution in [0.15, 0.2) is 40.7 Å². The average Bonchev–Trinajstić information content (AvgIpc) is 3.34. The molecule has 1 aromatic carbocycles. The smallest absolute Gasteiger partial charge is 0.196 e. The molecule has 0 saturated carbocycles. The normalized spacial score (nSPS) is 11.4. The Bertz CT molecular complexity index is 936. The number of rotatable bonds is 7. The predicted octanol–water partition coefficient (Wildman–Crippen LogP) is 2.96. The van der Waals surface area contributed by atoms with E-state index in [9.17, 15) is 0 Å². The second kappa shape index (κ2) is 9.23. The van der Waals surface area contributed by atoms with Crippen LogP contribution in [0.3, 0.4) is 0 Å². The van der Waals surface area contributed by atoms with Gasteiger partial charge in [0, 0.05) is 23.7 Å². The van der Waals surface area contributed by atoms with Crippen LogP contribution in [-0.2, 0) is 20.1 Å². The number of aromatic nitrogens is 3. The summed E-state index contributed by atoms with van der Waals surface area (Å²) in [6.45, 7) is 3.00. The maximum Gasteiger partial charge on any atom is 0.196 e. The van der Waals surface area contributed by atoms with E-state index in [-0.39, 0.29) is 0 Å². The number of aliphatic imine (C=N–C) groups is 1. The second-order valence-corrected chi connectivity index (χ2v) is 7.05. The molecule has 0 aliphatic carbocycles. The lowest BCUT2D eigenvalue weighted by molar-refractivity contribution is 0.355. The van der Waals surface area contributed by atoms with Crippen molar-refractivity contribution in [1.29, 1.82) is 0 Å². The molecule has 3 rings (SSSR count). The first-order chi connectivity index (χ1) is 13.6. The highest BCUT2D eigenvalue weighted by molar-refractivity contribution is 7.09. The summed E-state index contributed by atoms with van der Waals surface area (Å²) in [6, 6.07) is 9.74. The first-order valence-electron chi connectivity index (χ1n) is 8.75. The highest BCUT2D eigenvalue weighted by atomic mass is 32.1. The second-order valence-electron chi connectivity index (χ2n) is 6.01. The molecule has 9 heteroatoms. The number of benzene rings is 1. The fourth-order valence-corrected chi connectivity index (χ4v) is 3.16. The summed E-state index contributed by atoms with van der Waals surface area (Å²) in [7, 11) is 5.16. The Balaban J connectivity index is 1.78. The van der Waals surface area contributed by atoms with Crippen LogP contribution >= 0.6 is 11.3 Å². The summed E-state index contributed by atoms with van der Waals surface area (Å²) in [4.78, 5) is 5.88. The van der Waals surface area contributed by atoms with Gasteiger partial charge >= 0.3 is 0 Å². The minimum Gasteiger partial charge on any atom is -0.493 e. The molecule has 0 radical (unpaired) electrons. The Morgan fingerprint density at radius 1 is 1.18 bits per heavy atom. The van der Waals surface area contributed by atoms with Gasteiger partial charge in [0.2, 0.25) is 0 Å². The Morgan fingerprint density at radius 2 is 2.00 bits per heavy atom. The number of hydrogen-bond acceptors (Lipinski definition) is 6. The standard InChI is InChI=1S/C19H24N6O2S/c1-13-23-24-18(25(13)2)12-21-19(20-11-15-6-5-9-28-15)22-14-7-8-16(26-3)17(10-14)27-4/h5-10H,11-12H2,1-4H3,(H2,20,21,22). The molecule has 0 bridgehead atoms. The molecule has 0 aliphatic rings. The molecule has 148 valence electrons. The van der Waals surface area contributed by atoms with Crippen molar-refractivity contribution in [1.82, 2.24) is 20.1 Å². The molecule has 0 amide bonds. The molecule has 28 heavy (non-hydrogen) atoms. The number of ether oxygens (including phenoxy) is 2. The summed E-state index contributed by atoms with van der Waals surface area (Å²) < 4.78 is 12.6. The number of anilines is 1. The molecule has 0 unspecified atom stereocenters. The first-order valence-corrected chi connectivity index (χ1v) is 9.63. The van der Waals surface area contributed by atoms with E-state index in [0.29, 0.717) is 30.5 Å². The van der Waals surface area contributed by atoms with Crippen molar-refractivity contribution in [2.75, 3.05) is 19.5 Å². The van der Waals surface area contributed by atoms with Crippen LogP contribution in [-0.4, -0.2) is 34.9 Å². The molecule has 0 saturated heterocycles. The number of guanidine groups is 1. The van der Waals surface area contributed by atoms with Crippen molar-refractivity contribution in [3.8, 4) is 11.5 Å². The summed E-state index contributed by atoms with van der Waals surface area (Å²) in [6.07, 6.45) is 0. The van der Waals surface area contributed by atoms with E-state index in [4.69, 9.17) is 9.47 Å². The van der Waals surface area contributed by atoms with Gasteiger partial charge in [0.15, 0.2) is 23.3 Å². The quantitative estimate of drug-likeness (QED) is 0.468. The van der Waals surface area contributed by atoms with Crippen LogP contribution in [0.1, 0.15) is 16.5 Å². The van der Waals surface area contributed by atoms with Gasteiger partial charge in [0.1, 0.15) is 12.4 Å². The van der Waals surface area contributed by atoms with E-state index in [1.807, 2.05) is 42.8 Å². The summed E-state index contributed by atoms with van der Waals surface area (Å²) >= 11 is 1.69. The lowest BCUT2D eigenvalue weighted by Gasteiger charge is -2.14. The van der Waals surface area contributed by atoms with Crippen molar-refractivity contribution in [3.05, 3.63) is 52.2 Å². The summed E-state index contributed by atoms with van der Waals surface area (Å²) in [5.74, 6) is 3.61. The van der Waals surface area contributed by atoms with E-state index >= 15 is 0 Å². The summed E-state index contributed by atoms with van der Waals surface area (Å²) in [5.41, 5.74) is 0.837. The SMILES string of the molecule is COc1ccc(NC(=NCc2nnc(C)n2C)NCc2cccs2)cc1OC. The molecule has 3 aromatic rings. The number of nitrogens with one attached hydrogen (secondary N) is 2. The number of hydrogen-bond donors (Lipinski definition) is 2. The minimum absolute atomic E-state index is 0.407. The molecule has 0 atom stereocenters. The van der Waals surface area contributed by atoms with Crippen LogP contribution in [0.4, 0.5) is 5.69 Å². The molecular weight excluding hydrogens is 376 g/mol. The van der Waals surface area contributed by atoms with E-state index in [0.717, 1.165) is 17.3 Å². The lowest BCUT2D eigenvalue weighted by Crippen LogP contribution is -2.30. The van der Waals surface area contributed by atoms with Gasteiger partial charge in [-0.1, -0.05) is 6.07 Å². The van der Waals surface area contributed by atoms with E-state index < -0.39 is 0 Å². The topological polar surface area (TPSA) is 85.6 Å². The highest BCUT2D eigenvalue weighted by Gasteiger charge is 2.09. The fraction of sp³-hybridized carbons (Fsp3) is 0.316. The maximum absolute atomic E-state index is 5.38. The van der Waals surface area contributed by atoms with Crippen molar-refractivity contribution < 1.29 is 9.47 Å². The zero-order chi connectivity index (χ0) is 19.9. The molecule has 0 aliphatic heterocycles. The molecule has 2 N–H and O–H groups in total. The monoisotopic (exact) mass is 400 g/mol. The molecular formula is C19H24N6O2S. The van der Waals surface area contributed by atoms with Gasteiger partial charge in [-0.3, -0.25) is 0 Å². The zero-order valence-electron chi connectivity index (χ0n) is 16.4. The molecule has 2 heterocycles. The Hall–Kier alpha value is -3.07. The van der Waals surface area contributed by atoms with Gasteiger partial charge in [0.05, 0.1) is 20.8 Å². The molecule has 2 aromatic heterocycles. The Morgan fingerprint density at radius 3 is 2.64 bits per heavy atom. The maximum atomic E-state index is 5.38. The molecule has 8 nitrogen and oxygen atoms in total. The number of thiophene rings is 1. The fourth-order valence-electron chi connectivity index (χ4n) is 2.51. The third-order valence-corrected chi connectivity index (χ3v) is 5.09. The van der Waals surface area contributed by atoms with Gasteiger partial charge in [-0.25, -0.2) is 4.99 Å². The third kappa shape index (κ3) is 4.80. The van der Waals surface area contributed by atoms with Gasteiger partial charge < -0.3 is 24.7 Å². The van der Waals surface area contributed by atoms with Crippen LogP contribution < -0.4 is 20.1 Å². The Kier molecular flexibility index (Phi) is 6.49. The number of methoxy groups -OCH3 is 2. The van der Waals surface area contributed by atoms with E-state index in [2.05, 4.69) is 37.3 Å². The van der Waals surface area contributed by atoms with Crippen molar-refractivity contribution in [2.24, 2.45) is 12.0 Å². The lowest BCUT2D eigenvalue weighted by atomic mass is 10.2. The zero-order valence-corrected chi connectivity index (χ0v) is 17.2. The van der Waals surface area contributed by atoms with E-state index in [1.54, 1.807) is 25.6 Å². The number of aryl methyl sites for hydroxylation is 1. The van der Waals surface area contributed by atoms with Crippen LogP contribution in [0.2, 0.25) is 0 Å². The molecule has 0 fully saturated rings. The average molecular weight is 401 g/mol. The van der Waals surface area contributed by atoms with Crippen LogP contribution in [0, 0.1) is 6.92 Å². The first kappa shape index (κ1) is 19.7. The van der Waals surface area contributed by atoms with Crippen molar-refractivity contribution >= 4 is 23.0 Å². The van der Waals surface area contributed by atoms with Crippen LogP contribution in [0.25, 0.3) is 0 Å². The highest BCUT2D eigenvalue weighted by Crippen LogP contribution is 2.29. The molecule has 0 spiro atoms. The Labute approximate surface area is 168 Å². The van der Waals surface area contributed by atoms with Gasteiger partial charge in [-0.05, 0) is 30.5 Å². The van der Waals surface area contributed by atoms with Gasteiger partial charge in [-0.15, -0.1) is 21.5 Å². The summed E-state index contributed by atoms with van der Waals surface area (Å²) in [5, 5.41) is 17.0. The predicted molar refractivity (Wildman–Crippen MR) is 111 cm³/mol. The number of nitrogens with zero attached hydrogens (tertiary/aromatic N) is 4. The van der Waals surface area contributed by atoms with Crippen molar-refractivity contribution in [2.45, 2.75) is 20.0 Å². The van der Waals surface area contributed by atoms with Gasteiger partial charge in [0.25, 0.3) is 0 Å². The minimum atomic E-state index is 0.407. The van der Waals surface area contributed by atoms with Crippen LogP contribution in [0.5, 0.6) is 11.5 Å². The van der Waals surface area contributed by atoms with Crippen molar-refractivity contribution in [3.63, 3.8) is 0 Å². The van der Waals surface area contributed by atoms with E-state index in [1.165, 1.54) is 4.88 Å².